The number of nitrogens with one attached hydrogen (secondary N) is 1. The van der Waals surface area contributed by atoms with E-state index in [1.165, 1.54) is 56.2 Å². The third-order valence-electron chi connectivity index (χ3n) is 5.03. The van der Waals surface area contributed by atoms with E-state index in [-0.39, 0.29) is 0 Å². The molecule has 1 aliphatic rings. The molecule has 0 radical (unpaired) electrons. The van der Waals surface area contributed by atoms with E-state index in [9.17, 15) is 0 Å². The van der Waals surface area contributed by atoms with Crippen LogP contribution in [0.5, 0.6) is 0 Å². The zero-order chi connectivity index (χ0) is 15.1. The predicted molar refractivity (Wildman–Crippen MR) is 92.7 cm³/mol. The van der Waals surface area contributed by atoms with E-state index in [1.54, 1.807) is 0 Å². The Morgan fingerprint density at radius 3 is 2.19 bits per heavy atom. The quantitative estimate of drug-likeness (QED) is 0.727. The maximum atomic E-state index is 3.68. The third kappa shape index (κ3) is 5.47. The van der Waals surface area contributed by atoms with E-state index in [0.717, 1.165) is 18.3 Å². The van der Waals surface area contributed by atoms with Crippen LogP contribution >= 0.6 is 0 Å². The Morgan fingerprint density at radius 2 is 1.57 bits per heavy atom. The maximum absolute atomic E-state index is 3.68. The molecule has 2 rings (SSSR count). The molecule has 2 unspecified atom stereocenters. The summed E-state index contributed by atoms with van der Waals surface area (Å²) < 4.78 is 0. The molecule has 0 aromatic heterocycles. The second kappa shape index (κ2) is 8.58. The van der Waals surface area contributed by atoms with Gasteiger partial charge in [-0.25, -0.2) is 0 Å². The average molecular weight is 287 g/mol. The minimum absolute atomic E-state index is 0.609. The van der Waals surface area contributed by atoms with Crippen molar-refractivity contribution >= 4 is 0 Å². The molecule has 1 N–H and O–H groups in total. The topological polar surface area (TPSA) is 12.0 Å². The molecule has 1 aromatic carbocycles. The van der Waals surface area contributed by atoms with Gasteiger partial charge in [-0.2, -0.15) is 0 Å². The molecular weight excluding hydrogens is 254 g/mol. The predicted octanol–water partition coefficient (Wildman–Crippen LogP) is 4.99. The minimum atomic E-state index is 0.609. The molecule has 1 heteroatoms. The number of benzene rings is 1. The van der Waals surface area contributed by atoms with Gasteiger partial charge in [0.15, 0.2) is 0 Å². The maximum Gasteiger partial charge on any atom is 0.00104 e. The Bertz CT molecular complexity index is 393. The SMILES string of the molecule is CCc1ccc(CC2CCCCCC2CNC(C)C)cc1. The van der Waals surface area contributed by atoms with Gasteiger partial charge in [0, 0.05) is 6.04 Å². The summed E-state index contributed by atoms with van der Waals surface area (Å²) in [6.45, 7) is 7.95. The van der Waals surface area contributed by atoms with E-state index in [0.29, 0.717) is 6.04 Å². The van der Waals surface area contributed by atoms with Crippen molar-refractivity contribution in [2.75, 3.05) is 6.54 Å². The van der Waals surface area contributed by atoms with Gasteiger partial charge in [-0.1, -0.05) is 64.3 Å². The van der Waals surface area contributed by atoms with Gasteiger partial charge in [0.25, 0.3) is 0 Å². The average Bonchev–Trinajstić information content (AvgIpc) is 2.71. The molecule has 1 aromatic rings. The van der Waals surface area contributed by atoms with Crippen LogP contribution in [0.15, 0.2) is 24.3 Å². The third-order valence-corrected chi connectivity index (χ3v) is 5.03. The van der Waals surface area contributed by atoms with E-state index >= 15 is 0 Å². The van der Waals surface area contributed by atoms with Crippen molar-refractivity contribution in [3.63, 3.8) is 0 Å². The summed E-state index contributed by atoms with van der Waals surface area (Å²) in [4.78, 5) is 0. The lowest BCUT2D eigenvalue weighted by Gasteiger charge is -2.26. The second-order valence-corrected chi connectivity index (χ2v) is 7.10. The first-order valence-electron chi connectivity index (χ1n) is 9.00. The fourth-order valence-electron chi connectivity index (χ4n) is 3.60. The fraction of sp³-hybridized carbons (Fsp3) is 0.700. The first kappa shape index (κ1) is 16.5. The van der Waals surface area contributed by atoms with E-state index in [2.05, 4.69) is 50.4 Å². The Morgan fingerprint density at radius 1 is 0.952 bits per heavy atom. The molecule has 21 heavy (non-hydrogen) atoms. The summed E-state index contributed by atoms with van der Waals surface area (Å²) in [6.07, 6.45) is 9.53. The number of hydrogen-bond donors (Lipinski definition) is 1. The lowest BCUT2D eigenvalue weighted by atomic mass is 9.83. The van der Waals surface area contributed by atoms with Crippen LogP contribution in [-0.4, -0.2) is 12.6 Å². The molecule has 0 saturated heterocycles. The van der Waals surface area contributed by atoms with Crippen molar-refractivity contribution < 1.29 is 0 Å². The van der Waals surface area contributed by atoms with E-state index in [4.69, 9.17) is 0 Å². The van der Waals surface area contributed by atoms with Gasteiger partial charge in [0.2, 0.25) is 0 Å². The van der Waals surface area contributed by atoms with E-state index in [1.807, 2.05) is 0 Å². The molecule has 0 amide bonds. The van der Waals surface area contributed by atoms with Crippen molar-refractivity contribution in [3.8, 4) is 0 Å². The van der Waals surface area contributed by atoms with Gasteiger partial charge in [0.05, 0.1) is 0 Å². The summed E-state index contributed by atoms with van der Waals surface area (Å²) in [5, 5.41) is 3.68. The van der Waals surface area contributed by atoms with Gasteiger partial charge < -0.3 is 5.32 Å². The van der Waals surface area contributed by atoms with Crippen LogP contribution in [0.4, 0.5) is 0 Å². The highest BCUT2D eigenvalue weighted by molar-refractivity contribution is 5.23. The standard InChI is InChI=1S/C20H33N/c1-4-17-10-12-18(13-11-17)14-19-8-6-5-7-9-20(19)15-21-16(2)3/h10-13,16,19-21H,4-9,14-15H2,1-3H3. The molecule has 1 nitrogen and oxygen atoms in total. The summed E-state index contributed by atoms with van der Waals surface area (Å²) in [6, 6.07) is 9.95. The van der Waals surface area contributed by atoms with Crippen LogP contribution in [0.2, 0.25) is 0 Å². The van der Waals surface area contributed by atoms with Crippen LogP contribution in [0, 0.1) is 11.8 Å². The van der Waals surface area contributed by atoms with Gasteiger partial charge in [-0.15, -0.1) is 0 Å². The van der Waals surface area contributed by atoms with Crippen molar-refractivity contribution in [3.05, 3.63) is 35.4 Å². The molecule has 0 spiro atoms. The Labute approximate surface area is 131 Å². The summed E-state index contributed by atoms with van der Waals surface area (Å²) in [5.74, 6) is 1.73. The molecule has 1 aliphatic carbocycles. The minimum Gasteiger partial charge on any atom is -0.314 e. The number of rotatable bonds is 6. The van der Waals surface area contributed by atoms with Crippen LogP contribution in [0.3, 0.4) is 0 Å². The first-order chi connectivity index (χ1) is 10.2. The smallest absolute Gasteiger partial charge is 0.00104 e. The molecule has 2 atom stereocenters. The van der Waals surface area contributed by atoms with Crippen LogP contribution in [-0.2, 0) is 12.8 Å². The summed E-state index contributed by atoms with van der Waals surface area (Å²) in [7, 11) is 0. The molecule has 1 fully saturated rings. The molecule has 1 saturated carbocycles. The monoisotopic (exact) mass is 287 g/mol. The normalized spacial score (nSPS) is 23.2. The Balaban J connectivity index is 1.98. The van der Waals surface area contributed by atoms with E-state index < -0.39 is 0 Å². The van der Waals surface area contributed by atoms with Gasteiger partial charge in [-0.3, -0.25) is 0 Å². The van der Waals surface area contributed by atoms with Crippen LogP contribution < -0.4 is 5.32 Å². The number of aryl methyl sites for hydroxylation is 1. The fourth-order valence-corrected chi connectivity index (χ4v) is 3.60. The second-order valence-electron chi connectivity index (χ2n) is 7.10. The van der Waals surface area contributed by atoms with Gasteiger partial charge >= 0.3 is 0 Å². The zero-order valence-corrected chi connectivity index (χ0v) is 14.2. The van der Waals surface area contributed by atoms with Crippen molar-refractivity contribution in [2.24, 2.45) is 11.8 Å². The lowest BCUT2D eigenvalue weighted by Crippen LogP contribution is -2.33. The highest BCUT2D eigenvalue weighted by Crippen LogP contribution is 2.31. The molecular formula is C20H33N. The number of hydrogen-bond acceptors (Lipinski definition) is 1. The van der Waals surface area contributed by atoms with Crippen molar-refractivity contribution in [1.29, 1.82) is 0 Å². The summed E-state index contributed by atoms with van der Waals surface area (Å²) in [5.41, 5.74) is 2.99. The van der Waals surface area contributed by atoms with Crippen molar-refractivity contribution in [2.45, 2.75) is 71.8 Å². The van der Waals surface area contributed by atoms with Crippen molar-refractivity contribution in [1.82, 2.24) is 5.32 Å². The molecule has 0 aliphatic heterocycles. The zero-order valence-electron chi connectivity index (χ0n) is 14.2. The summed E-state index contributed by atoms with van der Waals surface area (Å²) >= 11 is 0. The lowest BCUT2D eigenvalue weighted by molar-refractivity contribution is 0.291. The molecule has 0 bridgehead atoms. The molecule has 0 heterocycles. The van der Waals surface area contributed by atoms with Crippen LogP contribution in [0.25, 0.3) is 0 Å². The Hall–Kier alpha value is -0.820. The van der Waals surface area contributed by atoms with Gasteiger partial charge in [0.1, 0.15) is 0 Å². The van der Waals surface area contributed by atoms with Crippen LogP contribution in [0.1, 0.15) is 64.0 Å². The largest absolute Gasteiger partial charge is 0.314 e. The highest BCUT2D eigenvalue weighted by atomic mass is 14.9. The van der Waals surface area contributed by atoms with Gasteiger partial charge in [-0.05, 0) is 55.2 Å². The Kier molecular flexibility index (Phi) is 6.76. The first-order valence-corrected chi connectivity index (χ1v) is 9.00. The molecule has 118 valence electrons. The highest BCUT2D eigenvalue weighted by Gasteiger charge is 2.23.